The quantitative estimate of drug-likeness (QED) is 0.602. The molecule has 3 aliphatic rings. The fraction of sp³-hybridized carbons (Fsp3) is 0.400. The molecule has 9 nitrogen and oxygen atoms in total. The molecule has 1 saturated heterocycles. The van der Waals surface area contributed by atoms with Gasteiger partial charge in [-0.05, 0) is 25.0 Å². The van der Waals surface area contributed by atoms with Crippen LogP contribution in [-0.2, 0) is 16.1 Å². The van der Waals surface area contributed by atoms with E-state index in [0.29, 0.717) is 60.9 Å². The predicted octanol–water partition coefficient (Wildman–Crippen LogP) is 1.59. The van der Waals surface area contributed by atoms with E-state index in [1.165, 1.54) is 18.5 Å². The SMILES string of the molecule is O=C1NC2(CC2)OCc2ncc(F)cc2[C@H]2COCCN2c2ccn3ncc1c3n2. The molecular weight excluding hydrogens is 391 g/mol. The van der Waals surface area contributed by atoms with Gasteiger partial charge in [-0.25, -0.2) is 13.9 Å². The maximum absolute atomic E-state index is 14.2. The Morgan fingerprint density at radius 3 is 3.07 bits per heavy atom. The van der Waals surface area contributed by atoms with Crippen LogP contribution in [0.5, 0.6) is 0 Å². The van der Waals surface area contributed by atoms with Gasteiger partial charge in [-0.1, -0.05) is 0 Å². The second-order valence-corrected chi connectivity index (χ2v) is 7.82. The van der Waals surface area contributed by atoms with Crippen molar-refractivity contribution in [3.63, 3.8) is 0 Å². The lowest BCUT2D eigenvalue weighted by molar-refractivity contribution is -0.00355. The van der Waals surface area contributed by atoms with Gasteiger partial charge in [0, 0.05) is 18.3 Å². The van der Waals surface area contributed by atoms with Crippen LogP contribution in [0, 0.1) is 5.82 Å². The number of rotatable bonds is 0. The highest BCUT2D eigenvalue weighted by Crippen LogP contribution is 2.39. The van der Waals surface area contributed by atoms with Crippen LogP contribution in [0.25, 0.3) is 5.65 Å². The van der Waals surface area contributed by atoms with E-state index >= 15 is 0 Å². The molecular formula is C20H19FN6O3. The number of anilines is 1. The maximum atomic E-state index is 14.2. The molecule has 154 valence electrons. The van der Waals surface area contributed by atoms with Crippen molar-refractivity contribution in [1.82, 2.24) is 24.9 Å². The highest BCUT2D eigenvalue weighted by Gasteiger charge is 2.46. The standard InChI is InChI=1S/C20H19FN6O3/c21-12-7-13-15(22-8-12)10-30-20(2-3-20)25-19(28)14-9-23-27-4-1-17(24-18(14)27)26-5-6-29-11-16(13)26/h1,4,7-9,16H,2-3,5-6,10-11H2,(H,25,28)/t16-/m1/s1. The normalized spacial score (nSPS) is 22.6. The summed E-state index contributed by atoms with van der Waals surface area (Å²) in [5.74, 6) is -0.0291. The minimum absolute atomic E-state index is 0.161. The van der Waals surface area contributed by atoms with Crippen molar-refractivity contribution in [3.8, 4) is 0 Å². The first kappa shape index (κ1) is 17.7. The van der Waals surface area contributed by atoms with E-state index < -0.39 is 11.5 Å². The van der Waals surface area contributed by atoms with Crippen LogP contribution in [0.2, 0.25) is 0 Å². The summed E-state index contributed by atoms with van der Waals surface area (Å²) in [6.45, 7) is 1.63. The lowest BCUT2D eigenvalue weighted by Gasteiger charge is -2.37. The fourth-order valence-electron chi connectivity index (χ4n) is 4.11. The number of morpholine rings is 1. The molecule has 3 aromatic heterocycles. The van der Waals surface area contributed by atoms with Crippen molar-refractivity contribution < 1.29 is 18.7 Å². The van der Waals surface area contributed by atoms with Crippen molar-refractivity contribution in [3.05, 3.63) is 53.4 Å². The van der Waals surface area contributed by atoms with Crippen LogP contribution in [0.4, 0.5) is 10.2 Å². The van der Waals surface area contributed by atoms with Gasteiger partial charge in [0.2, 0.25) is 0 Å². The third kappa shape index (κ3) is 2.83. The molecule has 1 N–H and O–H groups in total. The first-order chi connectivity index (χ1) is 14.6. The van der Waals surface area contributed by atoms with E-state index in [2.05, 4.69) is 20.3 Å². The highest BCUT2D eigenvalue weighted by atomic mass is 19.1. The molecule has 1 saturated carbocycles. The largest absolute Gasteiger partial charge is 0.377 e. The van der Waals surface area contributed by atoms with Crippen LogP contribution >= 0.6 is 0 Å². The average molecular weight is 410 g/mol. The first-order valence-corrected chi connectivity index (χ1v) is 9.91. The lowest BCUT2D eigenvalue weighted by atomic mass is 10.0. The second kappa shape index (κ2) is 6.44. The number of pyridine rings is 1. The molecule has 0 unspecified atom stereocenters. The van der Waals surface area contributed by atoms with Gasteiger partial charge in [-0.15, -0.1) is 0 Å². The van der Waals surface area contributed by atoms with Crippen LogP contribution in [-0.4, -0.2) is 51.0 Å². The first-order valence-electron chi connectivity index (χ1n) is 9.91. The zero-order valence-corrected chi connectivity index (χ0v) is 16.0. The Morgan fingerprint density at radius 1 is 1.30 bits per heavy atom. The molecule has 5 heterocycles. The van der Waals surface area contributed by atoms with Crippen molar-refractivity contribution in [2.75, 3.05) is 24.7 Å². The number of hydrogen-bond acceptors (Lipinski definition) is 7. The van der Waals surface area contributed by atoms with Crippen LogP contribution in [0.3, 0.4) is 0 Å². The van der Waals surface area contributed by atoms with Gasteiger partial charge >= 0.3 is 0 Å². The van der Waals surface area contributed by atoms with Gasteiger partial charge in [0.1, 0.15) is 22.9 Å². The van der Waals surface area contributed by atoms with Gasteiger partial charge in [-0.2, -0.15) is 5.10 Å². The number of halogens is 1. The predicted molar refractivity (Wildman–Crippen MR) is 102 cm³/mol. The van der Waals surface area contributed by atoms with Gasteiger partial charge < -0.3 is 19.7 Å². The Morgan fingerprint density at radius 2 is 2.20 bits per heavy atom. The molecule has 2 bridgehead atoms. The number of amides is 1. The Labute approximate surface area is 170 Å². The van der Waals surface area contributed by atoms with Gasteiger partial charge in [0.25, 0.3) is 5.91 Å². The molecule has 30 heavy (non-hydrogen) atoms. The number of fused-ring (bicyclic) bond motifs is 5. The molecule has 1 amide bonds. The number of carbonyl (C=O) groups is 1. The smallest absolute Gasteiger partial charge is 0.258 e. The van der Waals surface area contributed by atoms with Crippen LogP contribution < -0.4 is 10.2 Å². The van der Waals surface area contributed by atoms with Gasteiger partial charge in [0.15, 0.2) is 5.65 Å². The Balaban J connectivity index is 1.54. The van der Waals surface area contributed by atoms with E-state index in [4.69, 9.17) is 14.5 Å². The molecule has 1 atom stereocenters. The molecule has 0 aromatic carbocycles. The maximum Gasteiger partial charge on any atom is 0.258 e. The zero-order valence-electron chi connectivity index (χ0n) is 16.0. The van der Waals surface area contributed by atoms with Crippen LogP contribution in [0.1, 0.15) is 40.5 Å². The summed E-state index contributed by atoms with van der Waals surface area (Å²) in [4.78, 5) is 24.0. The summed E-state index contributed by atoms with van der Waals surface area (Å²) < 4.78 is 27.5. The number of ether oxygens (including phenoxy) is 2. The van der Waals surface area contributed by atoms with Crippen molar-refractivity contribution in [1.29, 1.82) is 0 Å². The molecule has 0 radical (unpaired) electrons. The summed E-state index contributed by atoms with van der Waals surface area (Å²) in [6.07, 6.45) is 5.88. The number of aromatic nitrogens is 4. The minimum Gasteiger partial charge on any atom is -0.377 e. The molecule has 3 aromatic rings. The number of carbonyl (C=O) groups excluding carboxylic acids is 1. The Hall–Kier alpha value is -3.11. The third-order valence-electron chi connectivity index (χ3n) is 5.88. The summed E-state index contributed by atoms with van der Waals surface area (Å²) in [7, 11) is 0. The topological polar surface area (TPSA) is 93.9 Å². The van der Waals surface area contributed by atoms with Crippen LogP contribution in [0.15, 0.2) is 30.7 Å². The molecule has 2 fully saturated rings. The van der Waals surface area contributed by atoms with E-state index in [0.717, 1.165) is 0 Å². The van der Waals surface area contributed by atoms with Crippen molar-refractivity contribution >= 4 is 17.4 Å². The van der Waals surface area contributed by atoms with Gasteiger partial charge in [-0.3, -0.25) is 9.78 Å². The molecule has 10 heteroatoms. The van der Waals surface area contributed by atoms with E-state index in [1.54, 1.807) is 10.7 Å². The third-order valence-corrected chi connectivity index (χ3v) is 5.88. The summed E-state index contributed by atoms with van der Waals surface area (Å²) in [5, 5.41) is 7.22. The lowest BCUT2D eigenvalue weighted by Crippen LogP contribution is -2.41. The molecule has 2 aliphatic heterocycles. The van der Waals surface area contributed by atoms with E-state index in [-0.39, 0.29) is 18.6 Å². The monoisotopic (exact) mass is 410 g/mol. The molecule has 1 aliphatic carbocycles. The fourth-order valence-corrected chi connectivity index (χ4v) is 4.11. The Bertz CT molecular complexity index is 1160. The van der Waals surface area contributed by atoms with E-state index in [9.17, 15) is 9.18 Å². The molecule has 1 spiro atoms. The Kier molecular flexibility index (Phi) is 3.81. The summed E-state index contributed by atoms with van der Waals surface area (Å²) in [5.41, 5.74) is 1.43. The zero-order chi connectivity index (χ0) is 20.3. The van der Waals surface area contributed by atoms with E-state index in [1.807, 2.05) is 6.07 Å². The molecule has 6 rings (SSSR count). The highest BCUT2D eigenvalue weighted by molar-refractivity contribution is 6.00. The number of hydrogen-bond donors (Lipinski definition) is 1. The summed E-state index contributed by atoms with van der Waals surface area (Å²) in [6, 6.07) is 3.05. The number of nitrogens with zero attached hydrogens (tertiary/aromatic N) is 5. The summed E-state index contributed by atoms with van der Waals surface area (Å²) >= 11 is 0. The minimum atomic E-state index is -0.743. The second-order valence-electron chi connectivity index (χ2n) is 7.82. The van der Waals surface area contributed by atoms with Crippen molar-refractivity contribution in [2.24, 2.45) is 0 Å². The van der Waals surface area contributed by atoms with Crippen molar-refractivity contribution in [2.45, 2.75) is 31.2 Å². The number of nitrogens with one attached hydrogen (secondary N) is 1. The average Bonchev–Trinajstić information content (AvgIpc) is 3.38. The van der Waals surface area contributed by atoms with Gasteiger partial charge in [0.05, 0.1) is 44.0 Å².